The second-order valence-electron chi connectivity index (χ2n) is 10.3. The van der Waals surface area contributed by atoms with Crippen molar-refractivity contribution in [3.05, 3.63) is 53.3 Å². The summed E-state index contributed by atoms with van der Waals surface area (Å²) in [5.41, 5.74) is 6.96. The van der Waals surface area contributed by atoms with Gasteiger partial charge in [0.05, 0.1) is 5.69 Å². The number of hydrogen-bond acceptors (Lipinski definition) is 3. The summed E-state index contributed by atoms with van der Waals surface area (Å²) in [4.78, 5) is 23.8. The van der Waals surface area contributed by atoms with Gasteiger partial charge < -0.3 is 9.88 Å². The van der Waals surface area contributed by atoms with Gasteiger partial charge in [0.25, 0.3) is 0 Å². The zero-order chi connectivity index (χ0) is 22.4. The van der Waals surface area contributed by atoms with Gasteiger partial charge in [-0.05, 0) is 86.0 Å². The molecule has 2 aromatic heterocycles. The highest BCUT2D eigenvalue weighted by atomic mass is 16.1. The van der Waals surface area contributed by atoms with Gasteiger partial charge in [-0.15, -0.1) is 0 Å². The third-order valence-corrected chi connectivity index (χ3v) is 7.86. The number of nitrogens with zero attached hydrogens (tertiary/aromatic N) is 2. The van der Waals surface area contributed by atoms with Gasteiger partial charge in [0, 0.05) is 47.2 Å². The molecule has 32 heavy (non-hydrogen) atoms. The predicted molar refractivity (Wildman–Crippen MR) is 131 cm³/mol. The number of Topliss-reactive ketones (excluding diaryl/α,β-unsaturated/α-hetero) is 1. The van der Waals surface area contributed by atoms with E-state index >= 15 is 0 Å². The number of piperidine rings is 3. The van der Waals surface area contributed by atoms with Gasteiger partial charge >= 0.3 is 0 Å². The van der Waals surface area contributed by atoms with E-state index in [0.717, 1.165) is 35.7 Å². The summed E-state index contributed by atoms with van der Waals surface area (Å²) in [5.74, 6) is 2.02. The van der Waals surface area contributed by atoms with Gasteiger partial charge in [-0.2, -0.15) is 0 Å². The molecule has 0 amide bonds. The zero-order valence-corrected chi connectivity index (χ0v) is 19.8. The first-order chi connectivity index (χ1) is 15.4. The van der Waals surface area contributed by atoms with E-state index in [1.165, 1.54) is 48.1 Å². The zero-order valence-electron chi connectivity index (χ0n) is 19.8. The number of rotatable bonds is 6. The van der Waals surface area contributed by atoms with Crippen molar-refractivity contribution in [3.63, 3.8) is 0 Å². The Balaban J connectivity index is 1.44. The molecular formula is C28H35N3O. The maximum Gasteiger partial charge on any atom is 0.140 e. The standard InChI is InChI=1S/C28H35N3O/c1-17(2)27-24-14-21(5-6-25(24)30-28(27)22-7-10-29-18(3)13-22)19(4)26(32)15-23-16-31-11-8-20(23)9-12-31/h5-7,10,13-14,17,19-20,23,30H,8-9,11-12,15-16H2,1-4H3. The van der Waals surface area contributed by atoms with Gasteiger partial charge in [-0.3, -0.25) is 9.78 Å². The normalized spacial score (nSPS) is 23.7. The highest BCUT2D eigenvalue weighted by molar-refractivity contribution is 5.93. The van der Waals surface area contributed by atoms with Crippen LogP contribution in [-0.2, 0) is 4.79 Å². The molecule has 3 aliphatic heterocycles. The number of benzene rings is 1. The number of nitrogens with one attached hydrogen (secondary N) is 1. The van der Waals surface area contributed by atoms with Crippen LogP contribution < -0.4 is 0 Å². The molecule has 3 aliphatic rings. The third kappa shape index (κ3) is 3.90. The van der Waals surface area contributed by atoms with Crippen LogP contribution >= 0.6 is 0 Å². The molecule has 0 radical (unpaired) electrons. The van der Waals surface area contributed by atoms with Crippen molar-refractivity contribution in [2.24, 2.45) is 11.8 Å². The molecule has 4 heteroatoms. The minimum Gasteiger partial charge on any atom is -0.354 e. The summed E-state index contributed by atoms with van der Waals surface area (Å²) >= 11 is 0. The van der Waals surface area contributed by atoms with E-state index in [1.807, 2.05) is 13.1 Å². The van der Waals surface area contributed by atoms with Crippen molar-refractivity contribution in [2.75, 3.05) is 19.6 Å². The fourth-order valence-electron chi connectivity index (χ4n) is 5.97. The molecule has 3 saturated heterocycles. The topological polar surface area (TPSA) is 49.0 Å². The molecule has 3 aromatic rings. The molecule has 168 valence electrons. The van der Waals surface area contributed by atoms with Crippen LogP contribution in [0.1, 0.15) is 68.7 Å². The lowest BCUT2D eigenvalue weighted by molar-refractivity contribution is -0.122. The Morgan fingerprint density at radius 2 is 1.94 bits per heavy atom. The highest BCUT2D eigenvalue weighted by Crippen LogP contribution is 2.38. The largest absolute Gasteiger partial charge is 0.354 e. The van der Waals surface area contributed by atoms with E-state index in [2.05, 4.69) is 66.0 Å². The van der Waals surface area contributed by atoms with Crippen LogP contribution in [0.4, 0.5) is 0 Å². The summed E-state index contributed by atoms with van der Waals surface area (Å²) in [6, 6.07) is 10.8. The molecular weight excluding hydrogens is 394 g/mol. The fraction of sp³-hybridized carbons (Fsp3) is 0.500. The number of fused-ring (bicyclic) bond motifs is 4. The van der Waals surface area contributed by atoms with Crippen LogP contribution in [0.5, 0.6) is 0 Å². The molecule has 0 spiro atoms. The van der Waals surface area contributed by atoms with E-state index in [1.54, 1.807) is 0 Å². The van der Waals surface area contributed by atoms with Crippen molar-refractivity contribution in [1.29, 1.82) is 0 Å². The molecule has 0 aliphatic carbocycles. The third-order valence-electron chi connectivity index (χ3n) is 7.86. The molecule has 5 heterocycles. The molecule has 2 bridgehead atoms. The smallest absolute Gasteiger partial charge is 0.140 e. The van der Waals surface area contributed by atoms with Gasteiger partial charge in [0.1, 0.15) is 5.78 Å². The Morgan fingerprint density at radius 3 is 2.59 bits per heavy atom. The minimum absolute atomic E-state index is 0.0589. The summed E-state index contributed by atoms with van der Waals surface area (Å²) in [5, 5.41) is 1.24. The maximum atomic E-state index is 13.3. The molecule has 2 atom stereocenters. The van der Waals surface area contributed by atoms with E-state index in [0.29, 0.717) is 17.6 Å². The van der Waals surface area contributed by atoms with E-state index < -0.39 is 0 Å². The number of aryl methyl sites for hydroxylation is 1. The first-order valence-corrected chi connectivity index (χ1v) is 12.2. The van der Waals surface area contributed by atoms with Gasteiger partial charge in [0.15, 0.2) is 0 Å². The Kier molecular flexibility index (Phi) is 5.66. The SMILES string of the molecule is Cc1cc(-c2[nH]c3ccc(C(C)C(=O)CC4CN5CCC4CC5)cc3c2C(C)C)ccn1. The lowest BCUT2D eigenvalue weighted by Crippen LogP contribution is -2.48. The van der Waals surface area contributed by atoms with Crippen LogP contribution in [-0.4, -0.2) is 40.3 Å². The van der Waals surface area contributed by atoms with Gasteiger partial charge in [-0.1, -0.05) is 26.8 Å². The summed E-state index contributed by atoms with van der Waals surface area (Å²) in [6.07, 6.45) is 5.15. The van der Waals surface area contributed by atoms with E-state index in [4.69, 9.17) is 0 Å². The van der Waals surface area contributed by atoms with Crippen LogP contribution in [0, 0.1) is 18.8 Å². The summed E-state index contributed by atoms with van der Waals surface area (Å²) in [7, 11) is 0. The van der Waals surface area contributed by atoms with Crippen molar-refractivity contribution in [3.8, 4) is 11.3 Å². The number of aromatic amines is 1. The first-order valence-electron chi connectivity index (χ1n) is 12.2. The quantitative estimate of drug-likeness (QED) is 0.518. The second kappa shape index (κ2) is 8.47. The molecule has 1 aromatic carbocycles. The van der Waals surface area contributed by atoms with Crippen molar-refractivity contribution in [2.45, 2.75) is 58.8 Å². The van der Waals surface area contributed by atoms with Crippen molar-refractivity contribution < 1.29 is 4.79 Å². The lowest BCUT2D eigenvalue weighted by Gasteiger charge is -2.44. The first kappa shape index (κ1) is 21.4. The molecule has 2 unspecified atom stereocenters. The van der Waals surface area contributed by atoms with Crippen molar-refractivity contribution >= 4 is 16.7 Å². The van der Waals surface area contributed by atoms with Gasteiger partial charge in [0.2, 0.25) is 0 Å². The van der Waals surface area contributed by atoms with Crippen molar-refractivity contribution in [1.82, 2.24) is 14.9 Å². The molecule has 0 saturated carbocycles. The Hall–Kier alpha value is -2.46. The predicted octanol–water partition coefficient (Wildman–Crippen LogP) is 6.07. The highest BCUT2D eigenvalue weighted by Gasteiger charge is 2.35. The minimum atomic E-state index is -0.0589. The summed E-state index contributed by atoms with van der Waals surface area (Å²) in [6.45, 7) is 12.2. The van der Waals surface area contributed by atoms with Crippen LogP contribution in [0.15, 0.2) is 36.5 Å². The maximum absolute atomic E-state index is 13.3. The summed E-state index contributed by atoms with van der Waals surface area (Å²) < 4.78 is 0. The Morgan fingerprint density at radius 1 is 1.16 bits per heavy atom. The Bertz CT molecular complexity index is 1140. The molecule has 4 nitrogen and oxygen atoms in total. The number of ketones is 1. The molecule has 1 N–H and O–H groups in total. The lowest BCUT2D eigenvalue weighted by atomic mass is 9.75. The van der Waals surface area contributed by atoms with Crippen LogP contribution in [0.25, 0.3) is 22.2 Å². The second-order valence-corrected chi connectivity index (χ2v) is 10.3. The number of pyridine rings is 1. The monoisotopic (exact) mass is 429 g/mol. The number of aromatic nitrogens is 2. The van der Waals surface area contributed by atoms with Crippen LogP contribution in [0.3, 0.4) is 0 Å². The fourth-order valence-corrected chi connectivity index (χ4v) is 5.97. The number of hydrogen-bond donors (Lipinski definition) is 1. The number of H-pyrrole nitrogens is 1. The van der Waals surface area contributed by atoms with E-state index in [-0.39, 0.29) is 5.92 Å². The number of carbonyl (C=O) groups excluding carboxylic acids is 1. The van der Waals surface area contributed by atoms with Gasteiger partial charge in [-0.25, -0.2) is 0 Å². The molecule has 6 rings (SSSR count). The van der Waals surface area contributed by atoms with Crippen LogP contribution in [0.2, 0.25) is 0 Å². The van der Waals surface area contributed by atoms with E-state index in [9.17, 15) is 4.79 Å². The average molecular weight is 430 g/mol. The average Bonchev–Trinajstić information content (AvgIpc) is 3.18. The Labute approximate surface area is 191 Å². The molecule has 3 fully saturated rings. The number of carbonyl (C=O) groups is 1.